The summed E-state index contributed by atoms with van der Waals surface area (Å²) >= 11 is 0. The summed E-state index contributed by atoms with van der Waals surface area (Å²) in [6.07, 6.45) is 3.85. The Morgan fingerprint density at radius 2 is 1.80 bits per heavy atom. The van der Waals surface area contributed by atoms with Gasteiger partial charge in [-0.05, 0) is 39.8 Å². The first-order valence-corrected chi connectivity index (χ1v) is 7.17. The summed E-state index contributed by atoms with van der Waals surface area (Å²) in [6.45, 7) is 7.51. The van der Waals surface area contributed by atoms with E-state index in [1.165, 1.54) is 19.3 Å². The first kappa shape index (κ1) is 14.8. The fourth-order valence-corrected chi connectivity index (χ4v) is 2.13. The van der Waals surface area contributed by atoms with E-state index in [0.29, 0.717) is 6.61 Å². The molecule has 0 saturated carbocycles. The van der Waals surface area contributed by atoms with Gasteiger partial charge in [0.05, 0.1) is 6.10 Å². The van der Waals surface area contributed by atoms with E-state index in [9.17, 15) is 0 Å². The molecule has 1 aromatic heterocycles. The number of aromatic nitrogens is 3. The molecular formula is C13H23N5O2. The molecule has 0 radical (unpaired) electrons. The van der Waals surface area contributed by atoms with Gasteiger partial charge < -0.3 is 15.2 Å². The molecule has 0 aliphatic carbocycles. The number of anilines is 1. The maximum atomic E-state index is 5.62. The highest BCUT2D eigenvalue weighted by atomic mass is 16.5. The number of ether oxygens (including phenoxy) is 2. The van der Waals surface area contributed by atoms with E-state index in [1.807, 2.05) is 13.8 Å². The van der Waals surface area contributed by atoms with Gasteiger partial charge in [0.15, 0.2) is 0 Å². The molecule has 0 unspecified atom stereocenters. The summed E-state index contributed by atoms with van der Waals surface area (Å²) in [5.74, 6) is 0.114. The van der Waals surface area contributed by atoms with E-state index in [4.69, 9.17) is 15.2 Å². The second kappa shape index (κ2) is 7.23. The molecule has 0 amide bonds. The van der Waals surface area contributed by atoms with Crippen LogP contribution in [0.25, 0.3) is 0 Å². The van der Waals surface area contributed by atoms with Gasteiger partial charge in [-0.3, -0.25) is 4.90 Å². The molecule has 2 N–H and O–H groups in total. The number of nitrogen functional groups attached to an aromatic ring is 1. The predicted molar refractivity (Wildman–Crippen MR) is 75.8 cm³/mol. The number of hydrogen-bond acceptors (Lipinski definition) is 7. The summed E-state index contributed by atoms with van der Waals surface area (Å²) < 4.78 is 10.9. The Hall–Kier alpha value is -1.63. The quantitative estimate of drug-likeness (QED) is 0.835. The average molecular weight is 281 g/mol. The summed E-state index contributed by atoms with van der Waals surface area (Å²) in [6, 6.07) is 0.436. The molecule has 1 aromatic rings. The molecule has 1 aliphatic heterocycles. The summed E-state index contributed by atoms with van der Waals surface area (Å²) in [4.78, 5) is 14.4. The standard InChI is InChI=1S/C13H23N5O2/c1-10(2)20-13-16-11(14)15-12(17-13)19-9-8-18-6-4-3-5-7-18/h10H,3-9H2,1-2H3,(H2,14,15,16,17). The second-order valence-electron chi connectivity index (χ2n) is 5.18. The number of nitrogens with zero attached hydrogens (tertiary/aromatic N) is 4. The van der Waals surface area contributed by atoms with Crippen molar-refractivity contribution >= 4 is 5.95 Å². The summed E-state index contributed by atoms with van der Waals surface area (Å²) in [5, 5.41) is 0. The molecule has 1 aliphatic rings. The van der Waals surface area contributed by atoms with Crippen LogP contribution in [-0.4, -0.2) is 52.2 Å². The fourth-order valence-electron chi connectivity index (χ4n) is 2.13. The Kier molecular flexibility index (Phi) is 5.34. The molecule has 112 valence electrons. The minimum absolute atomic E-state index is 0.0157. The minimum atomic E-state index is -0.0157. The highest BCUT2D eigenvalue weighted by molar-refractivity contribution is 5.20. The molecule has 1 fully saturated rings. The summed E-state index contributed by atoms with van der Waals surface area (Å²) in [7, 11) is 0. The number of hydrogen-bond donors (Lipinski definition) is 1. The van der Waals surface area contributed by atoms with Crippen LogP contribution in [0.5, 0.6) is 12.0 Å². The lowest BCUT2D eigenvalue weighted by Crippen LogP contribution is -2.33. The number of nitrogens with two attached hydrogens (primary N) is 1. The Morgan fingerprint density at radius 3 is 2.50 bits per heavy atom. The van der Waals surface area contributed by atoms with Crippen LogP contribution < -0.4 is 15.2 Å². The number of piperidine rings is 1. The van der Waals surface area contributed by atoms with E-state index in [0.717, 1.165) is 19.6 Å². The van der Waals surface area contributed by atoms with Crippen LogP contribution in [0.4, 0.5) is 5.95 Å². The van der Waals surface area contributed by atoms with Crippen LogP contribution in [0.3, 0.4) is 0 Å². The van der Waals surface area contributed by atoms with Crippen molar-refractivity contribution in [1.82, 2.24) is 19.9 Å². The maximum Gasteiger partial charge on any atom is 0.324 e. The molecule has 0 spiro atoms. The van der Waals surface area contributed by atoms with Gasteiger partial charge in [0.25, 0.3) is 0 Å². The Morgan fingerprint density at radius 1 is 1.10 bits per heavy atom. The van der Waals surface area contributed by atoms with Gasteiger partial charge >= 0.3 is 12.0 Å². The molecular weight excluding hydrogens is 258 g/mol. The molecule has 2 heterocycles. The van der Waals surface area contributed by atoms with Crippen molar-refractivity contribution in [1.29, 1.82) is 0 Å². The minimum Gasteiger partial charge on any atom is -0.462 e. The zero-order valence-corrected chi connectivity index (χ0v) is 12.2. The van der Waals surface area contributed by atoms with Gasteiger partial charge in [-0.25, -0.2) is 0 Å². The molecule has 0 aromatic carbocycles. The zero-order chi connectivity index (χ0) is 14.4. The van der Waals surface area contributed by atoms with Crippen LogP contribution >= 0.6 is 0 Å². The molecule has 0 atom stereocenters. The topological polar surface area (TPSA) is 86.4 Å². The van der Waals surface area contributed by atoms with Crippen molar-refractivity contribution in [3.63, 3.8) is 0 Å². The monoisotopic (exact) mass is 281 g/mol. The van der Waals surface area contributed by atoms with E-state index in [2.05, 4.69) is 19.9 Å². The van der Waals surface area contributed by atoms with Gasteiger partial charge in [-0.1, -0.05) is 6.42 Å². The first-order chi connectivity index (χ1) is 9.63. The Labute approximate surface area is 119 Å². The van der Waals surface area contributed by atoms with Gasteiger partial charge in [0.1, 0.15) is 6.61 Å². The third-order valence-electron chi connectivity index (χ3n) is 3.04. The molecule has 2 rings (SSSR count). The smallest absolute Gasteiger partial charge is 0.324 e. The van der Waals surface area contributed by atoms with Crippen LogP contribution in [0.2, 0.25) is 0 Å². The third-order valence-corrected chi connectivity index (χ3v) is 3.04. The second-order valence-corrected chi connectivity index (χ2v) is 5.18. The predicted octanol–water partition coefficient (Wildman–Crippen LogP) is 1.11. The van der Waals surface area contributed by atoms with Gasteiger partial charge in [0, 0.05) is 6.54 Å². The van der Waals surface area contributed by atoms with Gasteiger partial charge in [0.2, 0.25) is 5.95 Å². The largest absolute Gasteiger partial charge is 0.462 e. The van der Waals surface area contributed by atoms with Crippen LogP contribution in [0.15, 0.2) is 0 Å². The fraction of sp³-hybridized carbons (Fsp3) is 0.769. The SMILES string of the molecule is CC(C)Oc1nc(N)nc(OCCN2CCCCC2)n1. The average Bonchev–Trinajstić information content (AvgIpc) is 2.38. The van der Waals surface area contributed by atoms with E-state index < -0.39 is 0 Å². The zero-order valence-electron chi connectivity index (χ0n) is 12.2. The first-order valence-electron chi connectivity index (χ1n) is 7.17. The molecule has 20 heavy (non-hydrogen) atoms. The van der Waals surface area contributed by atoms with Crippen LogP contribution in [0, 0.1) is 0 Å². The maximum absolute atomic E-state index is 5.62. The van der Waals surface area contributed by atoms with Crippen molar-refractivity contribution in [3.05, 3.63) is 0 Å². The Balaban J connectivity index is 1.83. The third kappa shape index (κ3) is 4.80. The number of likely N-dealkylation sites (tertiary alicyclic amines) is 1. The molecule has 1 saturated heterocycles. The molecule has 0 bridgehead atoms. The lowest BCUT2D eigenvalue weighted by molar-refractivity contribution is 0.173. The lowest BCUT2D eigenvalue weighted by Gasteiger charge is -2.25. The number of rotatable bonds is 6. The van der Waals surface area contributed by atoms with E-state index in [-0.39, 0.29) is 24.1 Å². The highest BCUT2D eigenvalue weighted by Gasteiger charge is 2.11. The molecule has 7 nitrogen and oxygen atoms in total. The van der Waals surface area contributed by atoms with Crippen molar-refractivity contribution in [3.8, 4) is 12.0 Å². The highest BCUT2D eigenvalue weighted by Crippen LogP contribution is 2.13. The van der Waals surface area contributed by atoms with Crippen LogP contribution in [-0.2, 0) is 0 Å². The summed E-state index contributed by atoms with van der Waals surface area (Å²) in [5.41, 5.74) is 5.62. The van der Waals surface area contributed by atoms with E-state index >= 15 is 0 Å². The van der Waals surface area contributed by atoms with Crippen LogP contribution in [0.1, 0.15) is 33.1 Å². The van der Waals surface area contributed by atoms with Crippen molar-refractivity contribution in [2.45, 2.75) is 39.2 Å². The van der Waals surface area contributed by atoms with Crippen molar-refractivity contribution in [2.24, 2.45) is 0 Å². The lowest BCUT2D eigenvalue weighted by atomic mass is 10.1. The van der Waals surface area contributed by atoms with Crippen molar-refractivity contribution in [2.75, 3.05) is 32.0 Å². The molecule has 7 heteroatoms. The van der Waals surface area contributed by atoms with Gasteiger partial charge in [-0.15, -0.1) is 4.98 Å². The Bertz CT molecular complexity index is 421. The van der Waals surface area contributed by atoms with E-state index in [1.54, 1.807) is 0 Å². The van der Waals surface area contributed by atoms with Crippen molar-refractivity contribution < 1.29 is 9.47 Å². The normalized spacial score (nSPS) is 16.4. The van der Waals surface area contributed by atoms with Gasteiger partial charge in [-0.2, -0.15) is 9.97 Å².